The molecule has 0 bridgehead atoms. The fourth-order valence-electron chi connectivity index (χ4n) is 5.33. The second kappa shape index (κ2) is 10.7. The number of nitrogens with one attached hydrogen (secondary N) is 3. The molecule has 42 heavy (non-hydrogen) atoms. The lowest BCUT2D eigenvalue weighted by molar-refractivity contribution is 0.0695. The van der Waals surface area contributed by atoms with Crippen molar-refractivity contribution < 1.29 is 24.2 Å². The molecule has 2 aliphatic rings. The van der Waals surface area contributed by atoms with Gasteiger partial charge in [-0.3, -0.25) is 9.59 Å². The number of ether oxygens (including phenoxy) is 1. The Morgan fingerprint density at radius 2 is 2.07 bits per heavy atom. The molecule has 3 heterocycles. The number of carbonyl (C=O) groups is 3. The predicted molar refractivity (Wildman–Crippen MR) is 149 cm³/mol. The minimum absolute atomic E-state index is 0.0461. The summed E-state index contributed by atoms with van der Waals surface area (Å²) in [5.74, 6) is -0.912. The van der Waals surface area contributed by atoms with Gasteiger partial charge in [-0.2, -0.15) is 15.4 Å². The molecule has 1 aliphatic carbocycles. The molecule has 2 amide bonds. The van der Waals surface area contributed by atoms with Crippen LogP contribution in [0.25, 0.3) is 5.65 Å². The van der Waals surface area contributed by atoms with Crippen molar-refractivity contribution in [1.29, 1.82) is 5.26 Å². The Hall–Kier alpha value is -5.77. The smallest absolute Gasteiger partial charge is 0.335 e. The van der Waals surface area contributed by atoms with Gasteiger partial charge < -0.3 is 25.8 Å². The second-order valence-electron chi connectivity index (χ2n) is 9.89. The number of aromatic carboxylic acids is 1. The Kier molecular flexibility index (Phi) is 6.71. The van der Waals surface area contributed by atoms with Gasteiger partial charge in [0.15, 0.2) is 11.5 Å². The van der Waals surface area contributed by atoms with Crippen LogP contribution in [0.3, 0.4) is 0 Å². The lowest BCUT2D eigenvalue weighted by Crippen LogP contribution is -2.30. The first kappa shape index (κ1) is 26.5. The first-order valence-corrected chi connectivity index (χ1v) is 13.1. The van der Waals surface area contributed by atoms with Crippen molar-refractivity contribution in [3.05, 3.63) is 87.9 Å². The molecule has 0 saturated heterocycles. The number of carbonyl (C=O) groups excluding carboxylic acids is 2. The van der Waals surface area contributed by atoms with Gasteiger partial charge in [0.25, 0.3) is 11.8 Å². The van der Waals surface area contributed by atoms with E-state index in [1.54, 1.807) is 49.5 Å². The molecule has 2 aromatic heterocycles. The van der Waals surface area contributed by atoms with Crippen LogP contribution in [0.2, 0.25) is 0 Å². The average Bonchev–Trinajstić information content (AvgIpc) is 3.63. The van der Waals surface area contributed by atoms with Gasteiger partial charge in [0.1, 0.15) is 23.7 Å². The van der Waals surface area contributed by atoms with Gasteiger partial charge in [0, 0.05) is 18.7 Å². The number of nitriles is 1. The van der Waals surface area contributed by atoms with Crippen LogP contribution in [0.15, 0.2) is 53.7 Å². The van der Waals surface area contributed by atoms with Crippen LogP contribution in [0.5, 0.6) is 5.75 Å². The molecule has 1 aliphatic heterocycles. The molecule has 0 radical (unpaired) electrons. The zero-order valence-corrected chi connectivity index (χ0v) is 22.3. The highest BCUT2D eigenvalue weighted by molar-refractivity contribution is 6.00. The van der Waals surface area contributed by atoms with Gasteiger partial charge in [0.2, 0.25) is 6.19 Å². The number of anilines is 1. The van der Waals surface area contributed by atoms with E-state index in [2.05, 4.69) is 31.0 Å². The Morgan fingerprint density at radius 3 is 2.88 bits per heavy atom. The number of carboxylic acid groups (broad SMARTS) is 1. The number of carboxylic acids is 1. The minimum atomic E-state index is -0.983. The Balaban J connectivity index is 1.19. The van der Waals surface area contributed by atoms with Crippen LogP contribution in [0, 0.1) is 18.4 Å². The summed E-state index contributed by atoms with van der Waals surface area (Å²) in [6.07, 6.45) is 4.48. The highest BCUT2D eigenvalue weighted by Crippen LogP contribution is 2.35. The van der Waals surface area contributed by atoms with E-state index in [0.717, 1.165) is 16.7 Å². The molecule has 0 saturated carbocycles. The second-order valence-corrected chi connectivity index (χ2v) is 9.89. The number of hydrogen-bond acceptors (Lipinski definition) is 8. The van der Waals surface area contributed by atoms with Crippen LogP contribution in [-0.4, -0.2) is 49.9 Å². The zero-order chi connectivity index (χ0) is 29.4. The van der Waals surface area contributed by atoms with Crippen molar-refractivity contribution in [2.45, 2.75) is 32.4 Å². The largest absolute Gasteiger partial charge is 0.483 e. The van der Waals surface area contributed by atoms with Crippen LogP contribution < -0.4 is 20.7 Å². The van der Waals surface area contributed by atoms with E-state index in [9.17, 15) is 19.5 Å². The number of aliphatic imine (C=N–C) groups is 1. The Bertz CT molecular complexity index is 1850. The molecule has 4 N–H and O–H groups in total. The maximum atomic E-state index is 13.5. The first-order chi connectivity index (χ1) is 20.3. The number of aromatic nitrogens is 3. The molecule has 2 aromatic carbocycles. The van der Waals surface area contributed by atoms with Gasteiger partial charge in [-0.15, -0.1) is 0 Å². The van der Waals surface area contributed by atoms with Crippen LogP contribution in [-0.2, 0) is 13.0 Å². The normalized spacial score (nSPS) is 16.1. The van der Waals surface area contributed by atoms with Crippen molar-refractivity contribution in [2.75, 3.05) is 11.9 Å². The minimum Gasteiger partial charge on any atom is -0.483 e. The van der Waals surface area contributed by atoms with E-state index in [1.165, 1.54) is 16.8 Å². The number of nitrogens with zero attached hydrogens (tertiary/aromatic N) is 5. The summed E-state index contributed by atoms with van der Waals surface area (Å²) in [6.45, 7) is 2.11. The maximum Gasteiger partial charge on any atom is 0.335 e. The fourth-order valence-corrected chi connectivity index (χ4v) is 5.33. The molecule has 6 rings (SSSR count). The van der Waals surface area contributed by atoms with E-state index in [0.29, 0.717) is 41.3 Å². The summed E-state index contributed by atoms with van der Waals surface area (Å²) in [6, 6.07) is 11.3. The van der Waals surface area contributed by atoms with Crippen molar-refractivity contribution in [3.63, 3.8) is 0 Å². The zero-order valence-electron chi connectivity index (χ0n) is 22.3. The molecular formula is C29H24N8O5. The lowest BCUT2D eigenvalue weighted by Gasteiger charge is -2.20. The number of rotatable bonds is 6. The summed E-state index contributed by atoms with van der Waals surface area (Å²) >= 11 is 0. The summed E-state index contributed by atoms with van der Waals surface area (Å²) in [4.78, 5) is 46.2. The molecule has 13 nitrogen and oxygen atoms in total. The van der Waals surface area contributed by atoms with Gasteiger partial charge in [-0.1, -0.05) is 12.1 Å². The topological polar surface area (TPSA) is 183 Å². The first-order valence-electron chi connectivity index (χ1n) is 13.1. The number of hydrogen-bond donors (Lipinski definition) is 4. The summed E-state index contributed by atoms with van der Waals surface area (Å²) in [5.41, 5.74) is 4.67. The number of fused-ring (bicyclic) bond motifs is 3. The molecule has 0 fully saturated rings. The number of amides is 2. The van der Waals surface area contributed by atoms with Crippen molar-refractivity contribution in [2.24, 2.45) is 4.99 Å². The van der Waals surface area contributed by atoms with Crippen LogP contribution >= 0.6 is 0 Å². The molecular weight excluding hydrogens is 540 g/mol. The number of amidine groups is 1. The quantitative estimate of drug-likeness (QED) is 0.256. The van der Waals surface area contributed by atoms with E-state index in [4.69, 9.17) is 10.00 Å². The van der Waals surface area contributed by atoms with E-state index < -0.39 is 17.8 Å². The number of benzene rings is 2. The van der Waals surface area contributed by atoms with Crippen molar-refractivity contribution >= 4 is 35.0 Å². The molecule has 1 atom stereocenters. The third kappa shape index (κ3) is 4.86. The SMILES string of the molecule is Cc1c(C(=O)O)ccc2c1CC[C@@H]2NC(=O)c1cc(C(=O)NCc2ccc3c(c2)N/C(=N/C#N)CO3)nc2ccnn12. The Labute approximate surface area is 238 Å². The van der Waals surface area contributed by atoms with E-state index in [-0.39, 0.29) is 36.1 Å². The highest BCUT2D eigenvalue weighted by Gasteiger charge is 2.29. The van der Waals surface area contributed by atoms with E-state index >= 15 is 0 Å². The molecule has 4 aromatic rings. The maximum absolute atomic E-state index is 13.5. The lowest BCUT2D eigenvalue weighted by atomic mass is 9.98. The Morgan fingerprint density at radius 1 is 1.21 bits per heavy atom. The summed E-state index contributed by atoms with van der Waals surface area (Å²) < 4.78 is 6.95. The van der Waals surface area contributed by atoms with Crippen LogP contribution in [0.4, 0.5) is 5.69 Å². The van der Waals surface area contributed by atoms with Crippen LogP contribution in [0.1, 0.15) is 66.1 Å². The third-order valence-electron chi connectivity index (χ3n) is 7.38. The fraction of sp³-hybridized carbons (Fsp3) is 0.207. The van der Waals surface area contributed by atoms with Crippen molar-refractivity contribution in [3.8, 4) is 11.9 Å². The molecule has 0 unspecified atom stereocenters. The average molecular weight is 565 g/mol. The van der Waals surface area contributed by atoms with E-state index in [1.807, 2.05) is 0 Å². The molecule has 210 valence electrons. The third-order valence-corrected chi connectivity index (χ3v) is 7.38. The van der Waals surface area contributed by atoms with Gasteiger partial charge in [0.05, 0.1) is 23.5 Å². The predicted octanol–water partition coefficient (Wildman–Crippen LogP) is 2.77. The van der Waals surface area contributed by atoms with Gasteiger partial charge in [-0.05, 0) is 60.2 Å². The van der Waals surface area contributed by atoms with Gasteiger partial charge in [-0.25, -0.2) is 14.3 Å². The molecule has 0 spiro atoms. The highest BCUT2D eigenvalue weighted by atomic mass is 16.5. The summed E-state index contributed by atoms with van der Waals surface area (Å²) in [5, 5.41) is 31.3. The summed E-state index contributed by atoms with van der Waals surface area (Å²) in [7, 11) is 0. The van der Waals surface area contributed by atoms with Crippen molar-refractivity contribution in [1.82, 2.24) is 25.2 Å². The van der Waals surface area contributed by atoms with Gasteiger partial charge >= 0.3 is 5.97 Å². The standard InChI is InChI=1S/C29H24N8O5/c1-15-17-5-6-20(19(17)4-3-18(15)29(40)41)36-28(39)23-11-22(35-26-8-9-33-37(23)26)27(38)31-12-16-2-7-24-21(10-16)34-25(13-42-24)32-14-30/h2-4,7-11,20H,5-6,12-13H2,1H3,(H,31,38)(H,32,34)(H,36,39)(H,40,41)/t20-/m0/s1. The molecule has 13 heteroatoms. The monoisotopic (exact) mass is 564 g/mol.